The molecule has 0 aliphatic rings. The number of nitrogens with zero attached hydrogens (tertiary/aromatic N) is 1. The monoisotopic (exact) mass is 454 g/mol. The van der Waals surface area contributed by atoms with Crippen molar-refractivity contribution in [3.63, 3.8) is 0 Å². The van der Waals surface area contributed by atoms with Crippen molar-refractivity contribution in [2.75, 3.05) is 14.1 Å². The van der Waals surface area contributed by atoms with Gasteiger partial charge in [-0.3, -0.25) is 4.79 Å². The molecule has 3 aromatic rings. The summed E-state index contributed by atoms with van der Waals surface area (Å²) in [7, 11) is -0.499. The maximum absolute atomic E-state index is 13.2. The third-order valence-corrected chi connectivity index (χ3v) is 7.49. The minimum atomic E-state index is -3.85. The van der Waals surface area contributed by atoms with E-state index in [1.165, 1.54) is 16.7 Å². The molecule has 0 spiro atoms. The molecule has 3 aromatic carbocycles. The summed E-state index contributed by atoms with van der Waals surface area (Å²) in [6.07, 6.45) is 0. The van der Waals surface area contributed by atoms with Gasteiger partial charge < -0.3 is 4.90 Å². The lowest BCUT2D eigenvalue weighted by Gasteiger charge is -2.29. The summed E-state index contributed by atoms with van der Waals surface area (Å²) >= 11 is 1.35. The van der Waals surface area contributed by atoms with E-state index in [9.17, 15) is 13.2 Å². The second-order valence-corrected chi connectivity index (χ2v) is 10.3. The minimum absolute atomic E-state index is 0.166. The highest BCUT2D eigenvalue weighted by atomic mass is 32.2. The van der Waals surface area contributed by atoms with E-state index < -0.39 is 21.3 Å². The summed E-state index contributed by atoms with van der Waals surface area (Å²) < 4.78 is 29.3. The molecule has 0 heterocycles. The van der Waals surface area contributed by atoms with E-state index in [0.29, 0.717) is 0 Å². The topological polar surface area (TPSA) is 66.5 Å². The molecule has 1 amide bonds. The van der Waals surface area contributed by atoms with Gasteiger partial charge in [-0.25, -0.2) is 13.1 Å². The number of aryl methyl sites for hydroxylation is 1. The first-order chi connectivity index (χ1) is 14.8. The summed E-state index contributed by atoms with van der Waals surface area (Å²) in [4.78, 5) is 15.7. The standard InChI is InChI=1S/C24H26N2O3S2/c1-18-14-16-21(17-15-18)31(28,29)25-22(19-10-6-4-7-11-19)23(24(27)26(2)3)30-20-12-8-5-9-13-20/h4-17,22-23,25H,1-3H3/t22-,23-/m1/s1. The Kier molecular flexibility index (Phi) is 7.54. The van der Waals surface area contributed by atoms with E-state index in [4.69, 9.17) is 0 Å². The number of hydrogen-bond acceptors (Lipinski definition) is 4. The normalized spacial score (nSPS) is 13.4. The Bertz CT molecular complexity index is 1100. The zero-order chi connectivity index (χ0) is 22.4. The van der Waals surface area contributed by atoms with Gasteiger partial charge >= 0.3 is 0 Å². The molecule has 0 bridgehead atoms. The highest BCUT2D eigenvalue weighted by Crippen LogP contribution is 2.34. The van der Waals surface area contributed by atoms with Gasteiger partial charge in [0.05, 0.1) is 10.9 Å². The summed E-state index contributed by atoms with van der Waals surface area (Å²) in [5, 5.41) is -0.694. The highest BCUT2D eigenvalue weighted by Gasteiger charge is 2.35. The van der Waals surface area contributed by atoms with Crippen LogP contribution in [0, 0.1) is 6.92 Å². The molecule has 0 saturated carbocycles. The number of carbonyl (C=O) groups is 1. The molecule has 0 aliphatic heterocycles. The zero-order valence-corrected chi connectivity index (χ0v) is 19.4. The molecule has 0 aliphatic carbocycles. The Morgan fingerprint density at radius 1 is 0.871 bits per heavy atom. The number of hydrogen-bond donors (Lipinski definition) is 1. The average Bonchev–Trinajstić information content (AvgIpc) is 2.77. The van der Waals surface area contributed by atoms with Crippen molar-refractivity contribution in [2.24, 2.45) is 0 Å². The molecule has 0 saturated heterocycles. The van der Waals surface area contributed by atoms with Crippen molar-refractivity contribution < 1.29 is 13.2 Å². The van der Waals surface area contributed by atoms with Crippen molar-refractivity contribution in [3.8, 4) is 0 Å². The molecule has 3 rings (SSSR count). The molecule has 0 unspecified atom stereocenters. The van der Waals surface area contributed by atoms with Gasteiger partial charge in [0.15, 0.2) is 0 Å². The van der Waals surface area contributed by atoms with Crippen molar-refractivity contribution in [3.05, 3.63) is 96.1 Å². The second kappa shape index (κ2) is 10.1. The van der Waals surface area contributed by atoms with Gasteiger partial charge in [-0.2, -0.15) is 0 Å². The van der Waals surface area contributed by atoms with Gasteiger partial charge in [-0.1, -0.05) is 66.2 Å². The van der Waals surface area contributed by atoms with Crippen molar-refractivity contribution in [2.45, 2.75) is 28.0 Å². The van der Waals surface area contributed by atoms with E-state index >= 15 is 0 Å². The predicted octanol–water partition coefficient (Wildman–Crippen LogP) is 4.26. The molecular formula is C24H26N2O3S2. The SMILES string of the molecule is Cc1ccc(S(=O)(=O)N[C@H](c2ccccc2)[C@@H](Sc2ccccc2)C(=O)N(C)C)cc1. The maximum atomic E-state index is 13.2. The fourth-order valence-electron chi connectivity index (χ4n) is 3.08. The summed E-state index contributed by atoms with van der Waals surface area (Å²) in [6.45, 7) is 1.90. The molecule has 162 valence electrons. The van der Waals surface area contributed by atoms with E-state index in [0.717, 1.165) is 16.0 Å². The number of carbonyl (C=O) groups excluding carboxylic acids is 1. The van der Waals surface area contributed by atoms with E-state index in [1.807, 2.05) is 67.6 Å². The Balaban J connectivity index is 2.05. The maximum Gasteiger partial charge on any atom is 0.241 e. The first kappa shape index (κ1) is 23.1. The fraction of sp³-hybridized carbons (Fsp3) is 0.208. The third kappa shape index (κ3) is 5.97. The Labute approximate surface area is 188 Å². The van der Waals surface area contributed by atoms with Gasteiger partial charge in [-0.05, 0) is 36.8 Å². The Hall–Kier alpha value is -2.61. The van der Waals surface area contributed by atoms with Gasteiger partial charge in [0, 0.05) is 19.0 Å². The van der Waals surface area contributed by atoms with Crippen molar-refractivity contribution in [1.82, 2.24) is 9.62 Å². The summed E-state index contributed by atoms with van der Waals surface area (Å²) in [6, 6.07) is 24.7. The lowest BCUT2D eigenvalue weighted by atomic mass is 10.0. The van der Waals surface area contributed by atoms with Crippen LogP contribution in [0.5, 0.6) is 0 Å². The minimum Gasteiger partial charge on any atom is -0.348 e. The first-order valence-electron chi connectivity index (χ1n) is 9.85. The van der Waals surface area contributed by atoms with Crippen LogP contribution in [0.25, 0.3) is 0 Å². The van der Waals surface area contributed by atoms with E-state index in [2.05, 4.69) is 4.72 Å². The van der Waals surface area contributed by atoms with Crippen molar-refractivity contribution >= 4 is 27.7 Å². The number of benzene rings is 3. The Morgan fingerprint density at radius 2 is 1.42 bits per heavy atom. The lowest BCUT2D eigenvalue weighted by Crippen LogP contribution is -2.43. The van der Waals surface area contributed by atoms with Gasteiger partial charge in [0.1, 0.15) is 5.25 Å². The molecule has 5 nitrogen and oxygen atoms in total. The largest absolute Gasteiger partial charge is 0.348 e. The molecule has 7 heteroatoms. The van der Waals surface area contributed by atoms with E-state index in [1.54, 1.807) is 38.4 Å². The summed E-state index contributed by atoms with van der Waals surface area (Å²) in [5.74, 6) is -0.172. The number of nitrogens with one attached hydrogen (secondary N) is 1. The number of sulfonamides is 1. The average molecular weight is 455 g/mol. The Morgan fingerprint density at radius 3 is 1.97 bits per heavy atom. The predicted molar refractivity (Wildman–Crippen MR) is 125 cm³/mol. The van der Waals surface area contributed by atoms with Crippen LogP contribution in [0.3, 0.4) is 0 Å². The molecule has 2 atom stereocenters. The first-order valence-corrected chi connectivity index (χ1v) is 12.2. The van der Waals surface area contributed by atoms with Crippen LogP contribution in [0.4, 0.5) is 0 Å². The van der Waals surface area contributed by atoms with Gasteiger partial charge in [0.2, 0.25) is 15.9 Å². The second-order valence-electron chi connectivity index (χ2n) is 7.41. The van der Waals surface area contributed by atoms with Crippen LogP contribution in [0.1, 0.15) is 17.2 Å². The number of rotatable bonds is 8. The van der Waals surface area contributed by atoms with Crippen molar-refractivity contribution in [1.29, 1.82) is 0 Å². The van der Waals surface area contributed by atoms with Crippen LogP contribution in [0.15, 0.2) is 94.7 Å². The van der Waals surface area contributed by atoms with Crippen LogP contribution in [-0.4, -0.2) is 38.6 Å². The van der Waals surface area contributed by atoms with Crippen LogP contribution in [0.2, 0.25) is 0 Å². The molecule has 1 N–H and O–H groups in total. The van der Waals surface area contributed by atoms with Gasteiger partial charge in [-0.15, -0.1) is 11.8 Å². The molecule has 0 aromatic heterocycles. The highest BCUT2D eigenvalue weighted by molar-refractivity contribution is 8.00. The fourth-order valence-corrected chi connectivity index (χ4v) is 5.68. The van der Waals surface area contributed by atoms with Crippen LogP contribution >= 0.6 is 11.8 Å². The third-order valence-electron chi connectivity index (χ3n) is 4.77. The molecule has 31 heavy (non-hydrogen) atoms. The molecule has 0 radical (unpaired) electrons. The summed E-state index contributed by atoms with van der Waals surface area (Å²) in [5.41, 5.74) is 1.70. The van der Waals surface area contributed by atoms with Crippen LogP contribution in [-0.2, 0) is 14.8 Å². The molecular weight excluding hydrogens is 428 g/mol. The smallest absolute Gasteiger partial charge is 0.241 e. The number of amides is 1. The lowest BCUT2D eigenvalue weighted by molar-refractivity contribution is -0.128. The molecule has 0 fully saturated rings. The van der Waals surface area contributed by atoms with Gasteiger partial charge in [0.25, 0.3) is 0 Å². The number of thioether (sulfide) groups is 1. The zero-order valence-electron chi connectivity index (χ0n) is 17.7. The quantitative estimate of drug-likeness (QED) is 0.517. The van der Waals surface area contributed by atoms with E-state index in [-0.39, 0.29) is 10.8 Å². The van der Waals surface area contributed by atoms with Crippen LogP contribution < -0.4 is 4.72 Å².